The van der Waals surface area contributed by atoms with Crippen LogP contribution in [0.4, 0.5) is 10.9 Å². The molecule has 26 heavy (non-hydrogen) atoms. The third kappa shape index (κ3) is 5.01. The first kappa shape index (κ1) is 18.3. The molecule has 0 spiro atoms. The van der Waals surface area contributed by atoms with Gasteiger partial charge >= 0.3 is 0 Å². The van der Waals surface area contributed by atoms with E-state index in [0.717, 1.165) is 24.5 Å². The van der Waals surface area contributed by atoms with Gasteiger partial charge in [-0.25, -0.2) is 9.97 Å². The summed E-state index contributed by atoms with van der Waals surface area (Å²) in [4.78, 5) is 34.1. The molecule has 3 heterocycles. The summed E-state index contributed by atoms with van der Waals surface area (Å²) in [5.41, 5.74) is 1.24. The Morgan fingerprint density at radius 2 is 1.96 bits per heavy atom. The number of thiazole rings is 1. The largest absolute Gasteiger partial charge is 0.357 e. The SMILES string of the molecule is CC(=O)Nc1nc(C(=O)NCc2ccc(N3CCCCCC3)nc2)cs1. The predicted octanol–water partition coefficient (Wildman–Crippen LogP) is 2.81. The molecule has 2 amide bonds. The summed E-state index contributed by atoms with van der Waals surface area (Å²) in [5.74, 6) is 0.526. The molecule has 7 nitrogen and oxygen atoms in total. The number of anilines is 2. The van der Waals surface area contributed by atoms with Crippen LogP contribution in [0.2, 0.25) is 0 Å². The van der Waals surface area contributed by atoms with Crippen LogP contribution in [-0.4, -0.2) is 34.9 Å². The van der Waals surface area contributed by atoms with Crippen LogP contribution in [0.1, 0.15) is 48.7 Å². The van der Waals surface area contributed by atoms with Crippen molar-refractivity contribution in [2.24, 2.45) is 0 Å². The summed E-state index contributed by atoms with van der Waals surface area (Å²) in [7, 11) is 0. The highest BCUT2D eigenvalue weighted by Gasteiger charge is 2.13. The molecule has 0 saturated carbocycles. The molecule has 1 aliphatic rings. The number of aromatic nitrogens is 2. The Morgan fingerprint density at radius 3 is 2.62 bits per heavy atom. The van der Waals surface area contributed by atoms with E-state index in [1.165, 1.54) is 43.9 Å². The molecule has 0 unspecified atom stereocenters. The molecule has 1 aliphatic heterocycles. The summed E-state index contributed by atoms with van der Waals surface area (Å²) >= 11 is 1.23. The second kappa shape index (κ2) is 8.75. The van der Waals surface area contributed by atoms with Gasteiger partial charge in [0.15, 0.2) is 5.13 Å². The van der Waals surface area contributed by atoms with E-state index in [0.29, 0.717) is 17.4 Å². The van der Waals surface area contributed by atoms with Gasteiger partial charge in [-0.05, 0) is 24.5 Å². The van der Waals surface area contributed by atoms with Crippen molar-refractivity contribution in [3.63, 3.8) is 0 Å². The van der Waals surface area contributed by atoms with Gasteiger partial charge in [0.25, 0.3) is 5.91 Å². The standard InChI is InChI=1S/C18H23N5O2S/c1-13(24)21-18-22-15(12-26-18)17(25)20-11-14-6-7-16(19-10-14)23-8-4-2-3-5-9-23/h6-7,10,12H,2-5,8-9,11H2,1H3,(H,20,25)(H,21,22,24). The molecule has 2 N–H and O–H groups in total. The Hall–Kier alpha value is -2.48. The van der Waals surface area contributed by atoms with Crippen LogP contribution in [0.5, 0.6) is 0 Å². The lowest BCUT2D eigenvalue weighted by Gasteiger charge is -2.21. The molecular weight excluding hydrogens is 350 g/mol. The summed E-state index contributed by atoms with van der Waals surface area (Å²) in [6.07, 6.45) is 6.83. The Kier molecular flexibility index (Phi) is 6.17. The van der Waals surface area contributed by atoms with E-state index in [1.54, 1.807) is 5.38 Å². The molecule has 3 rings (SSSR count). The maximum absolute atomic E-state index is 12.2. The van der Waals surface area contributed by atoms with E-state index in [2.05, 4.69) is 25.5 Å². The van der Waals surface area contributed by atoms with Crippen molar-refractivity contribution in [1.82, 2.24) is 15.3 Å². The summed E-state index contributed by atoms with van der Waals surface area (Å²) in [5, 5.41) is 7.45. The number of hydrogen-bond donors (Lipinski definition) is 2. The minimum atomic E-state index is -0.269. The summed E-state index contributed by atoms with van der Waals surface area (Å²) in [6.45, 7) is 3.91. The van der Waals surface area contributed by atoms with E-state index in [9.17, 15) is 9.59 Å². The third-order valence-corrected chi connectivity index (χ3v) is 4.97. The number of rotatable bonds is 5. The molecule has 0 atom stereocenters. The van der Waals surface area contributed by atoms with Crippen molar-refractivity contribution in [2.45, 2.75) is 39.2 Å². The van der Waals surface area contributed by atoms with Crippen LogP contribution >= 0.6 is 11.3 Å². The molecular formula is C18H23N5O2S. The van der Waals surface area contributed by atoms with Crippen molar-refractivity contribution in [2.75, 3.05) is 23.3 Å². The maximum Gasteiger partial charge on any atom is 0.271 e. The monoisotopic (exact) mass is 373 g/mol. The lowest BCUT2D eigenvalue weighted by molar-refractivity contribution is -0.114. The van der Waals surface area contributed by atoms with Crippen LogP contribution in [-0.2, 0) is 11.3 Å². The van der Waals surface area contributed by atoms with Crippen molar-refractivity contribution in [1.29, 1.82) is 0 Å². The number of carbonyl (C=O) groups is 2. The Morgan fingerprint density at radius 1 is 1.19 bits per heavy atom. The minimum absolute atomic E-state index is 0.207. The quantitative estimate of drug-likeness (QED) is 0.841. The molecule has 1 saturated heterocycles. The number of carbonyl (C=O) groups excluding carboxylic acids is 2. The average Bonchev–Trinajstić information content (AvgIpc) is 2.92. The number of nitrogens with one attached hydrogen (secondary N) is 2. The van der Waals surface area contributed by atoms with Gasteiger partial charge in [-0.3, -0.25) is 9.59 Å². The van der Waals surface area contributed by atoms with E-state index in [-0.39, 0.29) is 11.8 Å². The fourth-order valence-electron chi connectivity index (χ4n) is 2.87. The first-order valence-electron chi connectivity index (χ1n) is 8.83. The van der Waals surface area contributed by atoms with E-state index in [1.807, 2.05) is 18.3 Å². The highest BCUT2D eigenvalue weighted by Crippen LogP contribution is 2.18. The zero-order valence-electron chi connectivity index (χ0n) is 14.8. The summed E-state index contributed by atoms with van der Waals surface area (Å²) < 4.78 is 0. The van der Waals surface area contributed by atoms with Crippen LogP contribution in [0, 0.1) is 0 Å². The van der Waals surface area contributed by atoms with Gasteiger partial charge in [-0.2, -0.15) is 0 Å². The fraction of sp³-hybridized carbons (Fsp3) is 0.444. The lowest BCUT2D eigenvalue weighted by Crippen LogP contribution is -2.25. The van der Waals surface area contributed by atoms with Crippen molar-refractivity contribution in [3.8, 4) is 0 Å². The second-order valence-electron chi connectivity index (χ2n) is 6.33. The van der Waals surface area contributed by atoms with Crippen molar-refractivity contribution < 1.29 is 9.59 Å². The van der Waals surface area contributed by atoms with Crippen LogP contribution < -0.4 is 15.5 Å². The van der Waals surface area contributed by atoms with Crippen molar-refractivity contribution >= 4 is 34.1 Å². The molecule has 2 aromatic rings. The Labute approximate surface area is 156 Å². The van der Waals surface area contributed by atoms with Gasteiger partial charge in [0.2, 0.25) is 5.91 Å². The van der Waals surface area contributed by atoms with Crippen LogP contribution in [0.15, 0.2) is 23.7 Å². The maximum atomic E-state index is 12.2. The molecule has 0 bridgehead atoms. The fourth-order valence-corrected chi connectivity index (χ4v) is 3.60. The smallest absolute Gasteiger partial charge is 0.271 e. The Balaban J connectivity index is 1.53. The van der Waals surface area contributed by atoms with E-state index >= 15 is 0 Å². The van der Waals surface area contributed by atoms with Crippen LogP contribution in [0.25, 0.3) is 0 Å². The number of nitrogens with zero attached hydrogens (tertiary/aromatic N) is 3. The molecule has 0 aliphatic carbocycles. The molecule has 8 heteroatoms. The zero-order valence-corrected chi connectivity index (χ0v) is 15.6. The zero-order chi connectivity index (χ0) is 18.4. The topological polar surface area (TPSA) is 87.2 Å². The van der Waals surface area contributed by atoms with Gasteiger partial charge in [-0.1, -0.05) is 18.9 Å². The van der Waals surface area contributed by atoms with E-state index < -0.39 is 0 Å². The minimum Gasteiger partial charge on any atom is -0.357 e. The molecule has 0 radical (unpaired) electrons. The number of hydrogen-bond acceptors (Lipinski definition) is 6. The predicted molar refractivity (Wildman–Crippen MR) is 103 cm³/mol. The van der Waals surface area contributed by atoms with Gasteiger partial charge in [0.05, 0.1) is 0 Å². The van der Waals surface area contributed by atoms with Gasteiger partial charge in [0, 0.05) is 38.1 Å². The van der Waals surface area contributed by atoms with Crippen molar-refractivity contribution in [3.05, 3.63) is 35.0 Å². The highest BCUT2D eigenvalue weighted by atomic mass is 32.1. The van der Waals surface area contributed by atoms with E-state index in [4.69, 9.17) is 0 Å². The van der Waals surface area contributed by atoms with Gasteiger partial charge < -0.3 is 15.5 Å². The summed E-state index contributed by atoms with van der Waals surface area (Å²) in [6, 6.07) is 4.02. The molecule has 1 fully saturated rings. The number of pyridine rings is 1. The molecule has 0 aromatic carbocycles. The van der Waals surface area contributed by atoms with Crippen LogP contribution in [0.3, 0.4) is 0 Å². The van der Waals surface area contributed by atoms with Gasteiger partial charge in [0.1, 0.15) is 11.5 Å². The number of amides is 2. The molecule has 2 aromatic heterocycles. The normalized spacial score (nSPS) is 14.6. The third-order valence-electron chi connectivity index (χ3n) is 4.21. The van der Waals surface area contributed by atoms with Gasteiger partial charge in [-0.15, -0.1) is 11.3 Å². The first-order valence-corrected chi connectivity index (χ1v) is 9.71. The Bertz CT molecular complexity index is 751. The first-order chi connectivity index (χ1) is 12.6. The second-order valence-corrected chi connectivity index (χ2v) is 7.19. The lowest BCUT2D eigenvalue weighted by atomic mass is 10.2. The highest BCUT2D eigenvalue weighted by molar-refractivity contribution is 7.14. The average molecular weight is 373 g/mol. The molecule has 138 valence electrons.